The predicted molar refractivity (Wildman–Crippen MR) is 78.1 cm³/mol. The second-order valence-corrected chi connectivity index (χ2v) is 4.38. The minimum Gasteiger partial charge on any atom is -0.397 e. The molecule has 100 valence electrons. The van der Waals surface area contributed by atoms with Gasteiger partial charge in [0.25, 0.3) is 0 Å². The summed E-state index contributed by atoms with van der Waals surface area (Å²) in [4.78, 5) is 17.8. The molecule has 0 saturated carbocycles. The van der Waals surface area contributed by atoms with Crippen molar-refractivity contribution in [3.63, 3.8) is 0 Å². The molecule has 0 saturated heterocycles. The van der Waals surface area contributed by atoms with E-state index in [1.165, 1.54) is 0 Å². The second-order valence-electron chi connectivity index (χ2n) is 4.38. The van der Waals surface area contributed by atoms with Crippen LogP contribution in [0.25, 0.3) is 10.9 Å². The maximum absolute atomic E-state index is 11.6. The highest BCUT2D eigenvalue weighted by Crippen LogP contribution is 2.28. The van der Waals surface area contributed by atoms with E-state index in [9.17, 15) is 4.79 Å². The second kappa shape index (κ2) is 5.56. The molecule has 0 fully saturated rings. The average Bonchev–Trinajstić information content (AvgIpc) is 2.39. The van der Waals surface area contributed by atoms with Crippen LogP contribution >= 0.6 is 0 Å². The molecule has 1 amide bonds. The van der Waals surface area contributed by atoms with Gasteiger partial charge in [0.1, 0.15) is 0 Å². The number of aromatic nitrogens is 1. The van der Waals surface area contributed by atoms with Crippen LogP contribution in [-0.2, 0) is 4.79 Å². The monoisotopic (exact) mass is 258 g/mol. The zero-order valence-electron chi connectivity index (χ0n) is 11.2. The number of benzene rings is 1. The summed E-state index contributed by atoms with van der Waals surface area (Å²) in [6, 6.07) is 7.56. The van der Waals surface area contributed by atoms with Crippen molar-refractivity contribution in [3.8, 4) is 0 Å². The lowest BCUT2D eigenvalue weighted by Crippen LogP contribution is -2.35. The van der Waals surface area contributed by atoms with Crippen molar-refractivity contribution < 1.29 is 4.79 Å². The summed E-state index contributed by atoms with van der Waals surface area (Å²) in [7, 11) is 1.88. The zero-order valence-corrected chi connectivity index (χ0v) is 11.2. The van der Waals surface area contributed by atoms with Gasteiger partial charge in [0.15, 0.2) is 0 Å². The fourth-order valence-electron chi connectivity index (χ4n) is 2.07. The quantitative estimate of drug-likeness (QED) is 0.813. The Morgan fingerprint density at radius 2 is 2.21 bits per heavy atom. The van der Waals surface area contributed by atoms with E-state index in [-0.39, 0.29) is 5.91 Å². The Morgan fingerprint density at radius 1 is 1.42 bits per heavy atom. The molecule has 0 radical (unpaired) electrons. The Morgan fingerprint density at radius 3 is 2.95 bits per heavy atom. The number of fused-ring (bicyclic) bond motifs is 1. The summed E-state index contributed by atoms with van der Waals surface area (Å²) >= 11 is 0. The zero-order chi connectivity index (χ0) is 13.8. The fraction of sp³-hybridized carbons (Fsp3) is 0.286. The maximum Gasteiger partial charge on any atom is 0.239 e. The van der Waals surface area contributed by atoms with E-state index in [2.05, 4.69) is 10.3 Å². The summed E-state index contributed by atoms with van der Waals surface area (Å²) in [5.41, 5.74) is 8.27. The van der Waals surface area contributed by atoms with Gasteiger partial charge in [-0.25, -0.2) is 0 Å². The van der Waals surface area contributed by atoms with Gasteiger partial charge in [-0.15, -0.1) is 0 Å². The smallest absolute Gasteiger partial charge is 0.239 e. The van der Waals surface area contributed by atoms with Crippen LogP contribution in [0.1, 0.15) is 6.92 Å². The van der Waals surface area contributed by atoms with Gasteiger partial charge >= 0.3 is 0 Å². The van der Waals surface area contributed by atoms with Crippen LogP contribution < -0.4 is 16.0 Å². The molecule has 5 heteroatoms. The number of nitrogens with two attached hydrogens (primary N) is 1. The third-order valence-electron chi connectivity index (χ3n) is 2.94. The predicted octanol–water partition coefficient (Wildman–Crippen LogP) is 1.39. The summed E-state index contributed by atoms with van der Waals surface area (Å²) in [5.74, 6) is -0.00105. The number of carbonyl (C=O) groups excluding carboxylic acids is 1. The van der Waals surface area contributed by atoms with Crippen molar-refractivity contribution in [2.24, 2.45) is 0 Å². The van der Waals surface area contributed by atoms with Crippen molar-refractivity contribution in [1.82, 2.24) is 10.3 Å². The molecule has 0 unspecified atom stereocenters. The number of nitrogen functional groups attached to an aromatic ring is 1. The molecule has 0 atom stereocenters. The SMILES string of the molecule is CCNC(=O)CN(C)c1ccc(N)c2ncccc12. The first-order chi connectivity index (χ1) is 9.13. The van der Waals surface area contributed by atoms with Gasteiger partial charge in [0, 0.05) is 30.9 Å². The van der Waals surface area contributed by atoms with Gasteiger partial charge in [-0.05, 0) is 31.2 Å². The lowest BCUT2D eigenvalue weighted by molar-refractivity contribution is -0.119. The summed E-state index contributed by atoms with van der Waals surface area (Å²) in [5, 5.41) is 3.74. The molecule has 1 aromatic heterocycles. The summed E-state index contributed by atoms with van der Waals surface area (Å²) < 4.78 is 0. The van der Waals surface area contributed by atoms with Gasteiger partial charge in [0.2, 0.25) is 5.91 Å². The Bertz CT molecular complexity index is 597. The molecule has 0 aliphatic heterocycles. The van der Waals surface area contributed by atoms with Crippen molar-refractivity contribution in [1.29, 1.82) is 0 Å². The molecule has 2 rings (SSSR count). The van der Waals surface area contributed by atoms with Crippen LogP contribution in [0.2, 0.25) is 0 Å². The minimum atomic E-state index is -0.00105. The molecular formula is C14H18N4O. The molecule has 3 N–H and O–H groups in total. The van der Waals surface area contributed by atoms with E-state index in [1.807, 2.05) is 43.1 Å². The van der Waals surface area contributed by atoms with E-state index in [4.69, 9.17) is 5.73 Å². The normalized spacial score (nSPS) is 10.4. The van der Waals surface area contributed by atoms with E-state index in [0.29, 0.717) is 18.8 Å². The van der Waals surface area contributed by atoms with Crippen molar-refractivity contribution in [3.05, 3.63) is 30.5 Å². The number of rotatable bonds is 4. The van der Waals surface area contributed by atoms with E-state index in [1.54, 1.807) is 6.20 Å². The molecule has 19 heavy (non-hydrogen) atoms. The molecule has 2 aromatic rings. The van der Waals surface area contributed by atoms with Gasteiger partial charge in [0.05, 0.1) is 17.7 Å². The molecule has 1 aromatic carbocycles. The van der Waals surface area contributed by atoms with Gasteiger partial charge in [-0.3, -0.25) is 9.78 Å². The number of hydrogen-bond acceptors (Lipinski definition) is 4. The highest BCUT2D eigenvalue weighted by molar-refractivity contribution is 5.99. The van der Waals surface area contributed by atoms with E-state index >= 15 is 0 Å². The van der Waals surface area contributed by atoms with Gasteiger partial charge < -0.3 is 16.0 Å². The molecular weight excluding hydrogens is 240 g/mol. The van der Waals surface area contributed by atoms with Crippen LogP contribution in [0, 0.1) is 0 Å². The average molecular weight is 258 g/mol. The molecule has 0 aliphatic rings. The third-order valence-corrected chi connectivity index (χ3v) is 2.94. The number of amides is 1. The van der Waals surface area contributed by atoms with Crippen LogP contribution in [0.3, 0.4) is 0 Å². The van der Waals surface area contributed by atoms with Crippen LogP contribution in [-0.4, -0.2) is 31.0 Å². The lowest BCUT2D eigenvalue weighted by atomic mass is 10.1. The molecule has 5 nitrogen and oxygen atoms in total. The van der Waals surface area contributed by atoms with Crippen LogP contribution in [0.15, 0.2) is 30.5 Å². The first-order valence-electron chi connectivity index (χ1n) is 6.24. The molecule has 1 heterocycles. The number of nitrogens with zero attached hydrogens (tertiary/aromatic N) is 2. The van der Waals surface area contributed by atoms with Crippen molar-refractivity contribution in [2.75, 3.05) is 30.8 Å². The number of hydrogen-bond donors (Lipinski definition) is 2. The van der Waals surface area contributed by atoms with Gasteiger partial charge in [-0.1, -0.05) is 0 Å². The molecule has 0 bridgehead atoms. The first-order valence-corrected chi connectivity index (χ1v) is 6.24. The van der Waals surface area contributed by atoms with Crippen molar-refractivity contribution in [2.45, 2.75) is 6.92 Å². The maximum atomic E-state index is 11.6. The van der Waals surface area contributed by atoms with Crippen molar-refractivity contribution >= 4 is 28.2 Å². The first kappa shape index (κ1) is 13.1. The van der Waals surface area contributed by atoms with Gasteiger partial charge in [-0.2, -0.15) is 0 Å². The number of pyridine rings is 1. The van der Waals surface area contributed by atoms with E-state index < -0.39 is 0 Å². The molecule has 0 spiro atoms. The number of anilines is 2. The highest BCUT2D eigenvalue weighted by atomic mass is 16.2. The Hall–Kier alpha value is -2.30. The fourth-order valence-corrected chi connectivity index (χ4v) is 2.07. The standard InChI is InChI=1S/C14H18N4O/c1-3-16-13(19)9-18(2)12-7-6-11(15)14-10(12)5-4-8-17-14/h4-8H,3,9,15H2,1-2H3,(H,16,19). The van der Waals surface area contributed by atoms with Crippen LogP contribution in [0.5, 0.6) is 0 Å². The Balaban J connectivity index is 2.35. The lowest BCUT2D eigenvalue weighted by Gasteiger charge is -2.20. The number of carbonyl (C=O) groups is 1. The number of likely N-dealkylation sites (N-methyl/N-ethyl adjacent to an activating group) is 2. The summed E-state index contributed by atoms with van der Waals surface area (Å²) in [6.07, 6.45) is 1.71. The Labute approximate surface area is 112 Å². The largest absolute Gasteiger partial charge is 0.397 e. The Kier molecular flexibility index (Phi) is 3.85. The number of nitrogens with one attached hydrogen (secondary N) is 1. The molecule has 0 aliphatic carbocycles. The van der Waals surface area contributed by atoms with Crippen LogP contribution in [0.4, 0.5) is 11.4 Å². The minimum absolute atomic E-state index is 0.00105. The topological polar surface area (TPSA) is 71.2 Å². The van der Waals surface area contributed by atoms with E-state index in [0.717, 1.165) is 16.6 Å². The summed E-state index contributed by atoms with van der Waals surface area (Å²) in [6.45, 7) is 2.85. The third kappa shape index (κ3) is 2.76. The highest BCUT2D eigenvalue weighted by Gasteiger charge is 2.11.